The molecule has 0 radical (unpaired) electrons. The van der Waals surface area contributed by atoms with Gasteiger partial charge in [-0.1, -0.05) is 40.9 Å². The molecule has 8 nitrogen and oxygen atoms in total. The van der Waals surface area contributed by atoms with Crippen molar-refractivity contribution in [2.24, 2.45) is 0 Å². The van der Waals surface area contributed by atoms with Crippen molar-refractivity contribution in [2.75, 3.05) is 37.6 Å². The summed E-state index contributed by atoms with van der Waals surface area (Å²) >= 11 is 18.7. The standard InChI is InChI=1S/C31H31Cl3N6O2/c1-20-19-39(29-28(34)15-24(18-36-29)30(41)37-17-22-4-7-26(32)27(33)14-22)12-13-40(20)25-8-10-38(11-9-25)31(42)23-5-2-21(16-35)3-6-23/h2-7,14-15,18,20,25H,8-13,17,19H2,1H3,(H,37,41)/t20-/m0/s1. The van der Waals surface area contributed by atoms with Gasteiger partial charge in [-0.15, -0.1) is 0 Å². The molecule has 2 aliphatic heterocycles. The molecule has 0 bridgehead atoms. The van der Waals surface area contributed by atoms with Crippen LogP contribution in [0.3, 0.4) is 0 Å². The number of hydrogen-bond acceptors (Lipinski definition) is 6. The van der Waals surface area contributed by atoms with E-state index in [0.29, 0.717) is 63.3 Å². The first-order chi connectivity index (χ1) is 20.2. The third-order valence-corrected chi connectivity index (χ3v) is 9.00. The van der Waals surface area contributed by atoms with E-state index in [2.05, 4.69) is 33.1 Å². The molecule has 1 N–H and O–H groups in total. The highest BCUT2D eigenvalue weighted by Gasteiger charge is 2.33. The second kappa shape index (κ2) is 13.3. The predicted octanol–water partition coefficient (Wildman–Crippen LogP) is 5.66. The van der Waals surface area contributed by atoms with Crippen molar-refractivity contribution in [3.05, 3.63) is 92.0 Å². The highest BCUT2D eigenvalue weighted by Crippen LogP contribution is 2.29. The molecule has 0 unspecified atom stereocenters. The number of carbonyl (C=O) groups excluding carboxylic acids is 2. The molecule has 0 spiro atoms. The summed E-state index contributed by atoms with van der Waals surface area (Å²) in [5.41, 5.74) is 2.39. The van der Waals surface area contributed by atoms with Crippen LogP contribution in [0.2, 0.25) is 15.1 Å². The Kier molecular flexibility index (Phi) is 9.54. The topological polar surface area (TPSA) is 92.6 Å². The molecule has 3 aromatic rings. The summed E-state index contributed by atoms with van der Waals surface area (Å²) in [6, 6.07) is 16.5. The number of likely N-dealkylation sites (tertiary alicyclic amines) is 1. The van der Waals surface area contributed by atoms with Gasteiger partial charge in [0.2, 0.25) is 0 Å². The maximum atomic E-state index is 12.9. The van der Waals surface area contributed by atoms with Crippen LogP contribution < -0.4 is 10.2 Å². The molecule has 0 aliphatic carbocycles. The number of halogens is 3. The van der Waals surface area contributed by atoms with Crippen LogP contribution in [0.4, 0.5) is 5.82 Å². The van der Waals surface area contributed by atoms with Crippen LogP contribution in [-0.4, -0.2) is 71.4 Å². The molecule has 2 amide bonds. The molecule has 11 heteroatoms. The number of nitrogens with zero attached hydrogens (tertiary/aromatic N) is 5. The van der Waals surface area contributed by atoms with Crippen molar-refractivity contribution in [1.82, 2.24) is 20.1 Å². The largest absolute Gasteiger partial charge is 0.353 e. The first kappa shape index (κ1) is 30.1. The van der Waals surface area contributed by atoms with Crippen molar-refractivity contribution in [2.45, 2.75) is 38.4 Å². The number of aromatic nitrogens is 1. The van der Waals surface area contributed by atoms with E-state index >= 15 is 0 Å². The van der Waals surface area contributed by atoms with Crippen LogP contribution in [0, 0.1) is 11.3 Å². The predicted molar refractivity (Wildman–Crippen MR) is 165 cm³/mol. The molecule has 1 atom stereocenters. The van der Waals surface area contributed by atoms with E-state index in [4.69, 9.17) is 40.1 Å². The van der Waals surface area contributed by atoms with Gasteiger partial charge in [0.25, 0.3) is 11.8 Å². The van der Waals surface area contributed by atoms with Crippen LogP contribution in [0.5, 0.6) is 0 Å². The number of carbonyl (C=O) groups is 2. The Morgan fingerprint density at radius 3 is 2.33 bits per heavy atom. The van der Waals surface area contributed by atoms with Crippen molar-refractivity contribution < 1.29 is 9.59 Å². The fourth-order valence-corrected chi connectivity index (χ4v) is 6.31. The molecule has 2 saturated heterocycles. The van der Waals surface area contributed by atoms with Crippen LogP contribution in [0.25, 0.3) is 0 Å². The van der Waals surface area contributed by atoms with Gasteiger partial charge in [0.1, 0.15) is 5.82 Å². The van der Waals surface area contributed by atoms with Gasteiger partial charge < -0.3 is 15.1 Å². The second-order valence-corrected chi connectivity index (χ2v) is 11.9. The van der Waals surface area contributed by atoms with E-state index in [1.54, 1.807) is 48.7 Å². The average molecular weight is 626 g/mol. The number of hydrogen-bond donors (Lipinski definition) is 1. The molecule has 0 saturated carbocycles. The maximum Gasteiger partial charge on any atom is 0.253 e. The van der Waals surface area contributed by atoms with E-state index in [1.165, 1.54) is 0 Å². The normalized spacial score (nSPS) is 18.0. The Morgan fingerprint density at radius 2 is 1.69 bits per heavy atom. The lowest BCUT2D eigenvalue weighted by Gasteiger charge is -2.46. The fraction of sp³-hybridized carbons (Fsp3) is 0.355. The highest BCUT2D eigenvalue weighted by molar-refractivity contribution is 6.42. The molecule has 2 aliphatic rings. The Bertz CT molecular complexity index is 1500. The smallest absolute Gasteiger partial charge is 0.253 e. The number of piperidine rings is 1. The van der Waals surface area contributed by atoms with Gasteiger partial charge in [-0.05, 0) is 67.8 Å². The molecular formula is C31H31Cl3N6O2. The summed E-state index contributed by atoms with van der Waals surface area (Å²) in [6.07, 6.45) is 3.39. The average Bonchev–Trinajstić information content (AvgIpc) is 3.01. The summed E-state index contributed by atoms with van der Waals surface area (Å²) in [5, 5.41) is 13.2. The second-order valence-electron chi connectivity index (χ2n) is 10.7. The number of anilines is 1. The van der Waals surface area contributed by atoms with Crippen molar-refractivity contribution in [1.29, 1.82) is 5.26 Å². The maximum absolute atomic E-state index is 12.9. The van der Waals surface area contributed by atoms with E-state index in [0.717, 1.165) is 38.0 Å². The van der Waals surface area contributed by atoms with Gasteiger partial charge in [0.15, 0.2) is 0 Å². The minimum absolute atomic E-state index is 0.0167. The van der Waals surface area contributed by atoms with E-state index in [1.807, 2.05) is 11.0 Å². The Labute approximate surface area is 260 Å². The fourth-order valence-electron chi connectivity index (χ4n) is 5.70. The first-order valence-corrected chi connectivity index (χ1v) is 15.0. The third kappa shape index (κ3) is 6.82. The number of piperazine rings is 1. The zero-order chi connectivity index (χ0) is 29.8. The SMILES string of the molecule is C[C@H]1CN(c2ncc(C(=O)NCc3ccc(Cl)c(Cl)c3)cc2Cl)CCN1C1CCN(C(=O)c2ccc(C#N)cc2)CC1. The molecule has 42 heavy (non-hydrogen) atoms. The molecule has 3 heterocycles. The van der Waals surface area contributed by atoms with Crippen LogP contribution in [-0.2, 0) is 6.54 Å². The number of amides is 2. The molecule has 1 aromatic heterocycles. The van der Waals surface area contributed by atoms with E-state index in [9.17, 15) is 9.59 Å². The van der Waals surface area contributed by atoms with Gasteiger partial charge >= 0.3 is 0 Å². The monoisotopic (exact) mass is 624 g/mol. The minimum Gasteiger partial charge on any atom is -0.353 e. The van der Waals surface area contributed by atoms with Crippen molar-refractivity contribution in [3.63, 3.8) is 0 Å². The van der Waals surface area contributed by atoms with E-state index < -0.39 is 0 Å². The number of benzene rings is 2. The highest BCUT2D eigenvalue weighted by atomic mass is 35.5. The van der Waals surface area contributed by atoms with Crippen LogP contribution in [0.15, 0.2) is 54.7 Å². The van der Waals surface area contributed by atoms with E-state index in [-0.39, 0.29) is 17.9 Å². The zero-order valence-corrected chi connectivity index (χ0v) is 25.5. The molecule has 5 rings (SSSR count). The zero-order valence-electron chi connectivity index (χ0n) is 23.2. The summed E-state index contributed by atoms with van der Waals surface area (Å²) in [5.74, 6) is 0.416. The Morgan fingerprint density at radius 1 is 0.952 bits per heavy atom. The Hall–Kier alpha value is -3.35. The minimum atomic E-state index is -0.274. The Balaban J connectivity index is 1.13. The van der Waals surface area contributed by atoms with Crippen molar-refractivity contribution >= 4 is 52.4 Å². The lowest BCUT2D eigenvalue weighted by atomic mass is 9.99. The summed E-state index contributed by atoms with van der Waals surface area (Å²) < 4.78 is 0. The lowest BCUT2D eigenvalue weighted by Crippen LogP contribution is -2.58. The molecule has 2 aromatic carbocycles. The van der Waals surface area contributed by atoms with Gasteiger partial charge in [-0.3, -0.25) is 14.5 Å². The molecular weight excluding hydrogens is 595 g/mol. The van der Waals surface area contributed by atoms with Crippen molar-refractivity contribution in [3.8, 4) is 6.07 Å². The van der Waals surface area contributed by atoms with Crippen LogP contribution in [0.1, 0.15) is 51.6 Å². The number of rotatable bonds is 6. The third-order valence-electron chi connectivity index (χ3n) is 7.98. The van der Waals surface area contributed by atoms with Crippen LogP contribution >= 0.6 is 34.8 Å². The summed E-state index contributed by atoms with van der Waals surface area (Å²) in [4.78, 5) is 36.8. The van der Waals surface area contributed by atoms with Gasteiger partial charge in [-0.25, -0.2) is 4.98 Å². The summed E-state index contributed by atoms with van der Waals surface area (Å²) in [6.45, 7) is 6.32. The number of nitriles is 1. The molecule has 2 fully saturated rings. The number of pyridine rings is 1. The lowest BCUT2D eigenvalue weighted by molar-refractivity contribution is 0.0525. The van der Waals surface area contributed by atoms with Gasteiger partial charge in [0.05, 0.1) is 32.3 Å². The first-order valence-electron chi connectivity index (χ1n) is 13.9. The number of nitrogens with one attached hydrogen (secondary N) is 1. The van der Waals surface area contributed by atoms with Gasteiger partial charge in [0, 0.05) is 63.1 Å². The molecule has 218 valence electrons. The summed E-state index contributed by atoms with van der Waals surface area (Å²) in [7, 11) is 0. The quantitative estimate of drug-likeness (QED) is 0.380. The van der Waals surface area contributed by atoms with Gasteiger partial charge in [-0.2, -0.15) is 5.26 Å².